The average molecular weight is 686 g/mol. The van der Waals surface area contributed by atoms with Crippen LogP contribution in [0.4, 0.5) is 0 Å². The van der Waals surface area contributed by atoms with E-state index in [1.54, 1.807) is 23.2 Å². The summed E-state index contributed by atoms with van der Waals surface area (Å²) in [6.45, 7) is 0. The molecule has 0 amide bonds. The van der Waals surface area contributed by atoms with Gasteiger partial charge in [0.05, 0.1) is 11.0 Å². The summed E-state index contributed by atoms with van der Waals surface area (Å²) in [5, 5.41) is 4.54. The van der Waals surface area contributed by atoms with Crippen molar-refractivity contribution in [3.63, 3.8) is 0 Å². The van der Waals surface area contributed by atoms with Gasteiger partial charge in [0, 0.05) is 41.6 Å². The van der Waals surface area contributed by atoms with E-state index in [1.165, 1.54) is 5.39 Å². The van der Waals surface area contributed by atoms with Gasteiger partial charge in [-0.1, -0.05) is 115 Å². The number of benzene rings is 7. The van der Waals surface area contributed by atoms with E-state index in [1.807, 2.05) is 66.7 Å². The van der Waals surface area contributed by atoms with Crippen LogP contribution >= 0.6 is 0 Å². The van der Waals surface area contributed by atoms with Crippen molar-refractivity contribution in [3.8, 4) is 56.4 Å². The van der Waals surface area contributed by atoms with Crippen molar-refractivity contribution in [2.75, 3.05) is 0 Å². The summed E-state index contributed by atoms with van der Waals surface area (Å²) in [5.74, 6) is 1.77. The maximum Gasteiger partial charge on any atom is 0.328 e. The molecule has 252 valence electrons. The number of furan rings is 1. The Bertz CT molecular complexity index is 3100. The van der Waals surface area contributed by atoms with Gasteiger partial charge in [0.15, 0.2) is 17.5 Å². The van der Waals surface area contributed by atoms with Gasteiger partial charge in [0.2, 0.25) is 0 Å². The van der Waals surface area contributed by atoms with Gasteiger partial charge >= 0.3 is 5.69 Å². The van der Waals surface area contributed by atoms with E-state index in [0.717, 1.165) is 77.3 Å². The quantitative estimate of drug-likeness (QED) is 0.180. The fourth-order valence-corrected chi connectivity index (χ4v) is 7.43. The fourth-order valence-electron chi connectivity index (χ4n) is 7.43. The maximum atomic E-state index is 12.6. The van der Waals surface area contributed by atoms with E-state index in [0.29, 0.717) is 17.5 Å². The van der Waals surface area contributed by atoms with Crippen molar-refractivity contribution >= 4 is 43.7 Å². The van der Waals surface area contributed by atoms with Crippen molar-refractivity contribution < 1.29 is 4.42 Å². The Kier molecular flexibility index (Phi) is 6.94. The van der Waals surface area contributed by atoms with E-state index >= 15 is 0 Å². The first-order valence-electron chi connectivity index (χ1n) is 17.5. The molecule has 0 unspecified atom stereocenters. The Labute approximate surface area is 304 Å². The lowest BCUT2D eigenvalue weighted by Crippen LogP contribution is -2.19. The molecule has 10 rings (SSSR count). The van der Waals surface area contributed by atoms with Crippen LogP contribution in [0.15, 0.2) is 161 Å². The first-order valence-corrected chi connectivity index (χ1v) is 17.5. The molecule has 7 heteroatoms. The molecule has 53 heavy (non-hydrogen) atoms. The van der Waals surface area contributed by atoms with E-state index in [9.17, 15) is 4.79 Å². The minimum atomic E-state index is -0.0501. The standard InChI is InChI=1S/C46H31N5O2/c1-50-38-23-22-34(26-39(38)51(2)46(50)52)31-14-8-15-35(24-31)45-48-43(29-10-4-3-5-11-29)47-44(49-45)30-20-18-28(19-21-30)36-16-9-17-40-42(36)37-25-32-12-6-7-13-33(32)27-41(37)53-40/h3-27H,1-2H3. The van der Waals surface area contributed by atoms with Gasteiger partial charge < -0.3 is 4.42 Å². The van der Waals surface area contributed by atoms with Crippen LogP contribution in [0, 0.1) is 0 Å². The topological polar surface area (TPSA) is 78.7 Å². The third-order valence-electron chi connectivity index (χ3n) is 10.2. The second-order valence-corrected chi connectivity index (χ2v) is 13.4. The molecular formula is C46H31N5O2. The Balaban J connectivity index is 1.07. The van der Waals surface area contributed by atoms with Crippen LogP contribution in [0.5, 0.6) is 0 Å². The lowest BCUT2D eigenvalue weighted by atomic mass is 9.97. The third kappa shape index (κ3) is 5.13. The molecule has 0 atom stereocenters. The SMILES string of the molecule is Cn1c(=O)n(C)c2cc(-c3cccc(-c4nc(-c5ccccc5)nc(-c5ccc(-c6cccc7oc8cc9ccccc9cc8c67)cc5)n4)c3)ccc21. The summed E-state index contributed by atoms with van der Waals surface area (Å²) >= 11 is 0. The summed E-state index contributed by atoms with van der Waals surface area (Å²) in [7, 11) is 3.60. The van der Waals surface area contributed by atoms with Gasteiger partial charge in [-0.15, -0.1) is 0 Å². The highest BCUT2D eigenvalue weighted by Crippen LogP contribution is 2.39. The molecule has 0 bridgehead atoms. The molecule has 0 radical (unpaired) electrons. The van der Waals surface area contributed by atoms with Gasteiger partial charge in [0.1, 0.15) is 11.2 Å². The molecule has 0 aliphatic carbocycles. The lowest BCUT2D eigenvalue weighted by molar-refractivity contribution is 0.669. The Morgan fingerprint density at radius 3 is 1.79 bits per heavy atom. The fraction of sp³-hybridized carbons (Fsp3) is 0.0435. The normalized spacial score (nSPS) is 11.7. The summed E-state index contributed by atoms with van der Waals surface area (Å²) in [6, 6.07) is 51.7. The van der Waals surface area contributed by atoms with Crippen molar-refractivity contribution in [1.29, 1.82) is 0 Å². The van der Waals surface area contributed by atoms with Gasteiger partial charge in [-0.3, -0.25) is 9.13 Å². The molecule has 0 aliphatic rings. The first-order chi connectivity index (χ1) is 26.0. The van der Waals surface area contributed by atoms with Crippen molar-refractivity contribution in [2.24, 2.45) is 14.1 Å². The number of aromatic nitrogens is 5. The van der Waals surface area contributed by atoms with Crippen LogP contribution < -0.4 is 5.69 Å². The molecule has 0 saturated carbocycles. The minimum absolute atomic E-state index is 0.0501. The number of hydrogen-bond donors (Lipinski definition) is 0. The number of rotatable bonds is 5. The Morgan fingerprint density at radius 1 is 0.453 bits per heavy atom. The van der Waals surface area contributed by atoms with Crippen molar-refractivity contribution in [1.82, 2.24) is 24.1 Å². The van der Waals surface area contributed by atoms with Crippen LogP contribution in [0.2, 0.25) is 0 Å². The van der Waals surface area contributed by atoms with Crippen molar-refractivity contribution in [3.05, 3.63) is 162 Å². The van der Waals surface area contributed by atoms with Crippen LogP contribution in [0.1, 0.15) is 0 Å². The van der Waals surface area contributed by atoms with Gasteiger partial charge in [-0.25, -0.2) is 19.7 Å². The minimum Gasteiger partial charge on any atom is -0.456 e. The third-order valence-corrected chi connectivity index (χ3v) is 10.2. The molecule has 7 nitrogen and oxygen atoms in total. The zero-order valence-corrected chi connectivity index (χ0v) is 29.0. The monoisotopic (exact) mass is 685 g/mol. The van der Waals surface area contributed by atoms with Crippen LogP contribution in [-0.2, 0) is 14.1 Å². The van der Waals surface area contributed by atoms with Gasteiger partial charge in [0.25, 0.3) is 0 Å². The van der Waals surface area contributed by atoms with Gasteiger partial charge in [-0.05, 0) is 69.4 Å². The van der Waals surface area contributed by atoms with Crippen LogP contribution in [-0.4, -0.2) is 24.1 Å². The predicted molar refractivity (Wildman–Crippen MR) is 214 cm³/mol. The highest BCUT2D eigenvalue weighted by Gasteiger charge is 2.17. The Morgan fingerprint density at radius 2 is 1.02 bits per heavy atom. The maximum absolute atomic E-state index is 12.6. The summed E-state index contributed by atoms with van der Waals surface area (Å²) in [5.41, 5.74) is 10.3. The number of nitrogens with zero attached hydrogens (tertiary/aromatic N) is 5. The zero-order chi connectivity index (χ0) is 35.6. The number of imidazole rings is 1. The van der Waals surface area contributed by atoms with E-state index in [4.69, 9.17) is 19.4 Å². The molecule has 0 spiro atoms. The van der Waals surface area contributed by atoms with Gasteiger partial charge in [-0.2, -0.15) is 0 Å². The highest BCUT2D eigenvalue weighted by atomic mass is 16.3. The van der Waals surface area contributed by atoms with E-state index < -0.39 is 0 Å². The largest absolute Gasteiger partial charge is 0.456 e. The number of aryl methyl sites for hydroxylation is 2. The zero-order valence-electron chi connectivity index (χ0n) is 29.0. The summed E-state index contributed by atoms with van der Waals surface area (Å²) in [6.07, 6.45) is 0. The molecule has 7 aromatic carbocycles. The average Bonchev–Trinajstić information content (AvgIpc) is 3.69. The molecule has 10 aromatic rings. The number of hydrogen-bond acceptors (Lipinski definition) is 5. The molecule has 0 N–H and O–H groups in total. The van der Waals surface area contributed by atoms with Crippen LogP contribution in [0.25, 0.3) is 100 Å². The molecule has 0 fully saturated rings. The second-order valence-electron chi connectivity index (χ2n) is 13.4. The molecular weight excluding hydrogens is 655 g/mol. The second kappa shape index (κ2) is 12.0. The summed E-state index contributed by atoms with van der Waals surface area (Å²) < 4.78 is 9.70. The molecule has 0 aliphatic heterocycles. The molecule has 3 heterocycles. The molecule has 3 aromatic heterocycles. The smallest absolute Gasteiger partial charge is 0.328 e. The molecule has 0 saturated heterocycles. The summed E-state index contributed by atoms with van der Waals surface area (Å²) in [4.78, 5) is 27.6. The highest BCUT2D eigenvalue weighted by molar-refractivity contribution is 6.15. The predicted octanol–water partition coefficient (Wildman–Crippen LogP) is 10.4. The first kappa shape index (κ1) is 30.7. The lowest BCUT2D eigenvalue weighted by Gasteiger charge is -2.10. The van der Waals surface area contributed by atoms with E-state index in [-0.39, 0.29) is 5.69 Å². The van der Waals surface area contributed by atoms with Crippen LogP contribution in [0.3, 0.4) is 0 Å². The number of fused-ring (bicyclic) bond motifs is 5. The van der Waals surface area contributed by atoms with Crippen molar-refractivity contribution in [2.45, 2.75) is 0 Å². The Hall–Kier alpha value is -7.12. The van der Waals surface area contributed by atoms with E-state index in [2.05, 4.69) is 84.9 Å².